The van der Waals surface area contributed by atoms with Gasteiger partial charge in [-0.05, 0) is 61.3 Å². The fourth-order valence-electron chi connectivity index (χ4n) is 4.96. The highest BCUT2D eigenvalue weighted by atomic mass is 19.1. The van der Waals surface area contributed by atoms with Crippen LogP contribution in [-0.2, 0) is 24.1 Å². The van der Waals surface area contributed by atoms with Crippen LogP contribution in [0.3, 0.4) is 0 Å². The quantitative estimate of drug-likeness (QED) is 0.652. The molecule has 162 valence electrons. The molecule has 1 saturated carbocycles. The van der Waals surface area contributed by atoms with Crippen LogP contribution in [0.15, 0.2) is 29.0 Å². The van der Waals surface area contributed by atoms with E-state index in [1.165, 1.54) is 37.3 Å². The van der Waals surface area contributed by atoms with Crippen LogP contribution in [0.5, 0.6) is 0 Å². The smallest absolute Gasteiger partial charge is 0.242 e. The van der Waals surface area contributed by atoms with Crippen LogP contribution in [0.25, 0.3) is 0 Å². The van der Waals surface area contributed by atoms with Crippen LogP contribution in [0.1, 0.15) is 68.6 Å². The second-order valence-corrected chi connectivity index (χ2v) is 8.89. The number of nitrogens with one attached hydrogen (secondary N) is 2. The first-order valence-corrected chi connectivity index (χ1v) is 11.4. The molecule has 1 heterocycles. The minimum atomic E-state index is -0.280. The van der Waals surface area contributed by atoms with Gasteiger partial charge in [0.25, 0.3) is 0 Å². The lowest BCUT2D eigenvalue weighted by molar-refractivity contribution is -0.118. The van der Waals surface area contributed by atoms with Crippen LogP contribution in [-0.4, -0.2) is 23.1 Å². The molecule has 2 aliphatic carbocycles. The number of benzene rings is 1. The van der Waals surface area contributed by atoms with Crippen LogP contribution in [0.2, 0.25) is 0 Å². The van der Waals surface area contributed by atoms with Gasteiger partial charge in [-0.15, -0.1) is 0 Å². The highest BCUT2D eigenvalue weighted by molar-refractivity contribution is 5.94. The summed E-state index contributed by atoms with van der Waals surface area (Å²) in [4.78, 5) is 13.0. The van der Waals surface area contributed by atoms with E-state index >= 15 is 0 Å². The maximum Gasteiger partial charge on any atom is 0.242 e. The summed E-state index contributed by atoms with van der Waals surface area (Å²) in [6.07, 6.45) is 11.9. The van der Waals surface area contributed by atoms with Gasteiger partial charge in [-0.25, -0.2) is 4.39 Å². The molecule has 4 rings (SSSR count). The van der Waals surface area contributed by atoms with E-state index in [1.54, 1.807) is 12.3 Å². The Labute approximate surface area is 177 Å². The summed E-state index contributed by atoms with van der Waals surface area (Å²) in [7, 11) is 0. The lowest BCUT2D eigenvalue weighted by Gasteiger charge is -2.29. The first-order valence-electron chi connectivity index (χ1n) is 11.4. The minimum absolute atomic E-state index is 0.0525. The Morgan fingerprint density at radius 3 is 2.90 bits per heavy atom. The minimum Gasteiger partial charge on any atom is -0.362 e. The predicted octanol–water partition coefficient (Wildman–Crippen LogP) is 4.80. The average molecular weight is 414 g/mol. The number of anilines is 1. The third-order valence-corrected chi connectivity index (χ3v) is 6.60. The van der Waals surface area contributed by atoms with Gasteiger partial charge in [0.1, 0.15) is 12.1 Å². The topological polar surface area (TPSA) is 67.2 Å². The number of aromatic nitrogens is 1. The lowest BCUT2D eigenvalue weighted by atomic mass is 9.87. The van der Waals surface area contributed by atoms with Gasteiger partial charge < -0.3 is 15.2 Å². The average Bonchev–Trinajstić information content (AvgIpc) is 3.40. The summed E-state index contributed by atoms with van der Waals surface area (Å²) in [5, 5.41) is 10.6. The number of hydrogen-bond acceptors (Lipinski definition) is 4. The lowest BCUT2D eigenvalue weighted by Crippen LogP contribution is -2.47. The number of hydrogen-bond donors (Lipinski definition) is 2. The van der Waals surface area contributed by atoms with Gasteiger partial charge >= 0.3 is 0 Å². The summed E-state index contributed by atoms with van der Waals surface area (Å²) in [5.74, 6) is 1.00. The molecule has 0 radical (unpaired) electrons. The number of amides is 1. The molecule has 1 amide bonds. The number of fused-ring (bicyclic) bond motifs is 1. The summed E-state index contributed by atoms with van der Waals surface area (Å²) < 4.78 is 18.6. The third kappa shape index (κ3) is 5.09. The molecule has 1 aromatic carbocycles. The van der Waals surface area contributed by atoms with Crippen molar-refractivity contribution in [2.24, 2.45) is 5.92 Å². The number of aryl methyl sites for hydroxylation is 1. The van der Waals surface area contributed by atoms with Crippen molar-refractivity contribution in [3.05, 3.63) is 47.0 Å². The zero-order valence-electron chi connectivity index (χ0n) is 17.8. The van der Waals surface area contributed by atoms with Crippen molar-refractivity contribution < 1.29 is 13.7 Å². The Morgan fingerprint density at radius 2 is 2.10 bits per heavy atom. The summed E-state index contributed by atoms with van der Waals surface area (Å²) in [6, 6.07) is 4.96. The van der Waals surface area contributed by atoms with E-state index in [0.29, 0.717) is 11.7 Å². The van der Waals surface area contributed by atoms with Gasteiger partial charge in [0.05, 0.1) is 6.04 Å². The van der Waals surface area contributed by atoms with Crippen molar-refractivity contribution >= 4 is 11.7 Å². The molecule has 2 N–H and O–H groups in total. The van der Waals surface area contributed by atoms with Crippen molar-refractivity contribution in [2.75, 3.05) is 5.32 Å². The molecule has 2 aromatic rings. The maximum absolute atomic E-state index is 13.5. The van der Waals surface area contributed by atoms with Crippen molar-refractivity contribution in [3.63, 3.8) is 0 Å². The van der Waals surface area contributed by atoms with Gasteiger partial charge in [0, 0.05) is 11.6 Å². The molecule has 0 aliphatic heterocycles. The van der Waals surface area contributed by atoms with Crippen LogP contribution in [0.4, 0.5) is 10.2 Å². The molecule has 5 nitrogen and oxygen atoms in total. The molecule has 2 aliphatic rings. The summed E-state index contributed by atoms with van der Waals surface area (Å²) in [5.41, 5.74) is 3.26. The molecule has 1 fully saturated rings. The van der Waals surface area contributed by atoms with Gasteiger partial charge in [0.2, 0.25) is 5.91 Å². The van der Waals surface area contributed by atoms with E-state index in [4.69, 9.17) is 4.52 Å². The second-order valence-electron chi connectivity index (χ2n) is 8.89. The first-order chi connectivity index (χ1) is 14.6. The first kappa shape index (κ1) is 21.0. The van der Waals surface area contributed by atoms with Crippen LogP contribution < -0.4 is 10.6 Å². The maximum atomic E-state index is 13.5. The highest BCUT2D eigenvalue weighted by Crippen LogP contribution is 2.30. The Balaban J connectivity index is 1.38. The number of carbonyl (C=O) groups excluding carboxylic acids is 1. The molecule has 0 saturated heterocycles. The monoisotopic (exact) mass is 413 g/mol. The zero-order valence-corrected chi connectivity index (χ0v) is 17.8. The number of nitrogens with zero attached hydrogens (tertiary/aromatic N) is 1. The van der Waals surface area contributed by atoms with Crippen molar-refractivity contribution in [3.8, 4) is 0 Å². The second kappa shape index (κ2) is 9.73. The summed E-state index contributed by atoms with van der Waals surface area (Å²) >= 11 is 0. The van der Waals surface area contributed by atoms with Gasteiger partial charge in [-0.1, -0.05) is 50.3 Å². The van der Waals surface area contributed by atoms with E-state index in [1.807, 2.05) is 6.07 Å². The molecule has 0 bridgehead atoms. The Bertz CT molecular complexity index is 860. The molecule has 0 spiro atoms. The molecule has 1 unspecified atom stereocenters. The fourth-order valence-corrected chi connectivity index (χ4v) is 4.96. The van der Waals surface area contributed by atoms with E-state index < -0.39 is 0 Å². The zero-order chi connectivity index (χ0) is 20.9. The molecule has 1 aromatic heterocycles. The van der Waals surface area contributed by atoms with E-state index in [2.05, 4.69) is 22.7 Å². The van der Waals surface area contributed by atoms with Crippen LogP contribution in [0, 0.1) is 11.7 Å². The van der Waals surface area contributed by atoms with Gasteiger partial charge in [-0.3, -0.25) is 4.79 Å². The molecule has 6 heteroatoms. The largest absolute Gasteiger partial charge is 0.362 e. The molecule has 2 atom stereocenters. The van der Waals surface area contributed by atoms with Crippen molar-refractivity contribution in [2.45, 2.75) is 83.2 Å². The molecular formula is C24H32FN3O2. The van der Waals surface area contributed by atoms with Gasteiger partial charge in [0.15, 0.2) is 5.82 Å². The number of rotatable bonds is 8. The van der Waals surface area contributed by atoms with Gasteiger partial charge in [-0.2, -0.15) is 0 Å². The third-order valence-electron chi connectivity index (χ3n) is 6.60. The Hall–Kier alpha value is -2.21. The molecule has 30 heavy (non-hydrogen) atoms. The SMILES string of the molecule is CCC[C@H](NC1CCc2cc(F)ccc2C1)C(=O)Nc1nocc1CC1CCCC1. The predicted molar refractivity (Wildman–Crippen MR) is 115 cm³/mol. The van der Waals surface area contributed by atoms with E-state index in [-0.39, 0.29) is 23.8 Å². The highest BCUT2D eigenvalue weighted by Gasteiger charge is 2.27. The van der Waals surface area contributed by atoms with Crippen molar-refractivity contribution in [1.29, 1.82) is 0 Å². The normalized spacial score (nSPS) is 20.1. The van der Waals surface area contributed by atoms with E-state index in [0.717, 1.165) is 49.7 Å². The van der Waals surface area contributed by atoms with Crippen molar-refractivity contribution in [1.82, 2.24) is 10.5 Å². The fraction of sp³-hybridized carbons (Fsp3) is 0.583. The standard InChI is InChI=1S/C24H32FN3O2/c1-2-5-22(26-21-11-9-17-13-20(25)10-8-18(17)14-21)24(29)27-23-19(15-30-28-23)12-16-6-3-4-7-16/h8,10,13,15-16,21-22,26H,2-7,9,11-12,14H2,1H3,(H,27,28,29)/t21?,22-/m0/s1. The summed E-state index contributed by atoms with van der Waals surface area (Å²) in [6.45, 7) is 2.09. The Morgan fingerprint density at radius 1 is 1.27 bits per heavy atom. The van der Waals surface area contributed by atoms with E-state index in [9.17, 15) is 9.18 Å². The number of halogens is 1. The van der Waals surface area contributed by atoms with Crippen LogP contribution >= 0.6 is 0 Å². The molecular weight excluding hydrogens is 381 g/mol. The number of carbonyl (C=O) groups is 1. The Kier molecular flexibility index (Phi) is 6.82.